The van der Waals surface area contributed by atoms with Crippen LogP contribution >= 0.6 is 0 Å². The zero-order chi connectivity index (χ0) is 13.1. The van der Waals surface area contributed by atoms with E-state index in [1.165, 1.54) is 0 Å². The molecule has 6 heteroatoms. The Bertz CT molecular complexity index is 501. The molecule has 3 heterocycles. The Kier molecular flexibility index (Phi) is 3.52. The molecule has 0 radical (unpaired) electrons. The van der Waals surface area contributed by atoms with E-state index >= 15 is 0 Å². The summed E-state index contributed by atoms with van der Waals surface area (Å²) >= 11 is 0. The molecule has 1 fully saturated rings. The lowest BCUT2D eigenvalue weighted by Crippen LogP contribution is -2.22. The molecule has 0 aliphatic carbocycles. The minimum atomic E-state index is -0.308. The molecule has 0 aromatic carbocycles. The summed E-state index contributed by atoms with van der Waals surface area (Å²) < 4.78 is 0. The average Bonchev–Trinajstić information content (AvgIpc) is 3.02. The summed E-state index contributed by atoms with van der Waals surface area (Å²) in [6.07, 6.45) is 9.15. The molecule has 100 valence electrons. The van der Waals surface area contributed by atoms with Gasteiger partial charge in [0.15, 0.2) is 0 Å². The van der Waals surface area contributed by atoms with Crippen molar-refractivity contribution in [3.8, 4) is 0 Å². The van der Waals surface area contributed by atoms with Gasteiger partial charge >= 0.3 is 0 Å². The second kappa shape index (κ2) is 5.46. The number of aromatic nitrogens is 4. The van der Waals surface area contributed by atoms with Crippen LogP contribution in [0.2, 0.25) is 0 Å². The first-order chi connectivity index (χ1) is 9.31. The highest BCUT2D eigenvalue weighted by Crippen LogP contribution is 2.21. The first kappa shape index (κ1) is 12.3. The predicted molar refractivity (Wildman–Crippen MR) is 69.1 cm³/mol. The topological polar surface area (TPSA) is 77.9 Å². The van der Waals surface area contributed by atoms with E-state index in [4.69, 9.17) is 0 Å². The van der Waals surface area contributed by atoms with E-state index in [1.807, 2.05) is 6.20 Å². The maximum absolute atomic E-state index is 10.1. The summed E-state index contributed by atoms with van der Waals surface area (Å²) in [5.74, 6) is 1.15. The molecule has 0 bridgehead atoms. The molecule has 0 unspecified atom stereocenters. The second-order valence-corrected chi connectivity index (χ2v) is 4.96. The maximum atomic E-state index is 10.1. The summed E-state index contributed by atoms with van der Waals surface area (Å²) in [5, 5.41) is 10.1. The smallest absolute Gasteiger partial charge is 0.120 e. The lowest BCUT2D eigenvalue weighted by molar-refractivity contribution is 0.140. The van der Waals surface area contributed by atoms with E-state index in [9.17, 15) is 5.11 Å². The van der Waals surface area contributed by atoms with Gasteiger partial charge in [-0.15, -0.1) is 0 Å². The van der Waals surface area contributed by atoms with Gasteiger partial charge in [-0.25, -0.2) is 4.98 Å². The van der Waals surface area contributed by atoms with Crippen molar-refractivity contribution < 1.29 is 5.11 Å². The highest BCUT2D eigenvalue weighted by atomic mass is 16.3. The van der Waals surface area contributed by atoms with Gasteiger partial charge in [-0.2, -0.15) is 0 Å². The quantitative estimate of drug-likeness (QED) is 0.822. The third-order valence-corrected chi connectivity index (χ3v) is 3.50. The minimum Gasteiger partial charge on any atom is -0.391 e. The van der Waals surface area contributed by atoms with Crippen LogP contribution in [0.3, 0.4) is 0 Å². The van der Waals surface area contributed by atoms with Gasteiger partial charge < -0.3 is 10.1 Å². The van der Waals surface area contributed by atoms with Crippen LogP contribution < -0.4 is 0 Å². The van der Waals surface area contributed by atoms with Crippen molar-refractivity contribution in [2.24, 2.45) is 5.92 Å². The monoisotopic (exact) mass is 259 g/mol. The van der Waals surface area contributed by atoms with E-state index in [1.54, 1.807) is 24.8 Å². The molecule has 3 rings (SSSR count). The van der Waals surface area contributed by atoms with Crippen molar-refractivity contribution in [2.75, 3.05) is 13.1 Å². The highest BCUT2D eigenvalue weighted by molar-refractivity contribution is 5.00. The number of aromatic amines is 1. The number of β-amino-alcohol motifs (C(OH)–C–C–N with tert-alkyl or cyclic N) is 1. The average molecular weight is 259 g/mol. The van der Waals surface area contributed by atoms with E-state index in [0.29, 0.717) is 6.54 Å². The number of imidazole rings is 1. The third-order valence-electron chi connectivity index (χ3n) is 3.50. The van der Waals surface area contributed by atoms with E-state index in [0.717, 1.165) is 31.0 Å². The van der Waals surface area contributed by atoms with Gasteiger partial charge in [0.1, 0.15) is 5.82 Å². The molecule has 2 aromatic heterocycles. The Morgan fingerprint density at radius 3 is 2.95 bits per heavy atom. The Balaban J connectivity index is 1.59. The Morgan fingerprint density at radius 1 is 1.26 bits per heavy atom. The molecule has 2 atom stereocenters. The Hall–Kier alpha value is -1.79. The molecule has 1 aliphatic rings. The minimum absolute atomic E-state index is 0.215. The molecule has 6 nitrogen and oxygen atoms in total. The molecule has 0 amide bonds. The molecule has 0 spiro atoms. The zero-order valence-electron chi connectivity index (χ0n) is 10.6. The van der Waals surface area contributed by atoms with Gasteiger partial charge in [0.05, 0.1) is 18.3 Å². The van der Waals surface area contributed by atoms with Gasteiger partial charge in [0.25, 0.3) is 0 Å². The number of likely N-dealkylation sites (tertiary alicyclic amines) is 1. The highest BCUT2D eigenvalue weighted by Gasteiger charge is 2.31. The maximum Gasteiger partial charge on any atom is 0.120 e. The molecule has 2 aromatic rings. The fraction of sp³-hybridized carbons (Fsp3) is 0.462. The number of rotatable bonds is 4. The van der Waals surface area contributed by atoms with Crippen molar-refractivity contribution >= 4 is 0 Å². The van der Waals surface area contributed by atoms with Crippen molar-refractivity contribution in [2.45, 2.75) is 19.1 Å². The first-order valence-corrected chi connectivity index (χ1v) is 6.45. The number of hydrogen-bond donors (Lipinski definition) is 2. The lowest BCUT2D eigenvalue weighted by atomic mass is 10.0. The van der Waals surface area contributed by atoms with E-state index < -0.39 is 0 Å². The molecule has 0 saturated carbocycles. The zero-order valence-corrected chi connectivity index (χ0v) is 10.6. The van der Waals surface area contributed by atoms with Gasteiger partial charge in [-0.1, -0.05) is 0 Å². The number of aliphatic hydroxyl groups excluding tert-OH is 1. The van der Waals surface area contributed by atoms with Gasteiger partial charge in [-0.05, 0) is 6.42 Å². The van der Waals surface area contributed by atoms with Crippen LogP contribution in [0.1, 0.15) is 11.5 Å². The standard InChI is InChI=1S/C13H17N5O/c19-12-8-18(9-13-16-3-4-17-13)7-10(12)5-11-6-14-1-2-15-11/h1-4,6,10,12,19H,5,7-9H2,(H,16,17)/t10-,12-/m1/s1. The fourth-order valence-electron chi connectivity index (χ4n) is 2.57. The number of hydrogen-bond acceptors (Lipinski definition) is 5. The Labute approximate surface area is 111 Å². The van der Waals surface area contributed by atoms with Crippen molar-refractivity contribution in [3.05, 3.63) is 42.5 Å². The van der Waals surface area contributed by atoms with Crippen molar-refractivity contribution in [3.63, 3.8) is 0 Å². The van der Waals surface area contributed by atoms with Gasteiger partial charge in [-0.3, -0.25) is 14.9 Å². The molecular weight excluding hydrogens is 242 g/mol. The van der Waals surface area contributed by atoms with Crippen LogP contribution in [0.5, 0.6) is 0 Å². The lowest BCUT2D eigenvalue weighted by Gasteiger charge is -2.13. The van der Waals surface area contributed by atoms with Crippen LogP contribution in [0.25, 0.3) is 0 Å². The third kappa shape index (κ3) is 2.97. The van der Waals surface area contributed by atoms with E-state index in [-0.39, 0.29) is 12.0 Å². The van der Waals surface area contributed by atoms with Crippen LogP contribution in [0.15, 0.2) is 31.0 Å². The molecule has 1 saturated heterocycles. The number of nitrogens with one attached hydrogen (secondary N) is 1. The van der Waals surface area contributed by atoms with Crippen LogP contribution in [-0.2, 0) is 13.0 Å². The second-order valence-electron chi connectivity index (χ2n) is 4.96. The van der Waals surface area contributed by atoms with Crippen LogP contribution in [-0.4, -0.2) is 49.1 Å². The molecule has 19 heavy (non-hydrogen) atoms. The normalized spacial score (nSPS) is 23.8. The first-order valence-electron chi connectivity index (χ1n) is 6.45. The van der Waals surface area contributed by atoms with Crippen molar-refractivity contribution in [1.82, 2.24) is 24.8 Å². The summed E-state index contributed by atoms with van der Waals surface area (Å²) in [6, 6.07) is 0. The number of nitrogens with zero attached hydrogens (tertiary/aromatic N) is 4. The van der Waals surface area contributed by atoms with E-state index in [2.05, 4.69) is 24.8 Å². The van der Waals surface area contributed by atoms with Crippen LogP contribution in [0.4, 0.5) is 0 Å². The fourth-order valence-corrected chi connectivity index (χ4v) is 2.57. The largest absolute Gasteiger partial charge is 0.391 e. The summed E-state index contributed by atoms with van der Waals surface area (Å²) in [7, 11) is 0. The van der Waals surface area contributed by atoms with Crippen molar-refractivity contribution in [1.29, 1.82) is 0 Å². The van der Waals surface area contributed by atoms with Gasteiger partial charge in [0, 0.05) is 50.0 Å². The Morgan fingerprint density at radius 2 is 2.21 bits per heavy atom. The molecule has 1 aliphatic heterocycles. The van der Waals surface area contributed by atoms with Crippen LogP contribution in [0, 0.1) is 5.92 Å². The SMILES string of the molecule is O[C@@H]1CN(Cc2ncc[nH]2)C[C@H]1Cc1cnccn1. The predicted octanol–water partition coefficient (Wildman–Crippen LogP) is 0.235. The number of H-pyrrole nitrogens is 1. The number of aliphatic hydroxyl groups is 1. The molecular formula is C13H17N5O. The van der Waals surface area contributed by atoms with Gasteiger partial charge in [0.2, 0.25) is 0 Å². The summed E-state index contributed by atoms with van der Waals surface area (Å²) in [6.45, 7) is 2.30. The molecule has 2 N–H and O–H groups in total. The summed E-state index contributed by atoms with van der Waals surface area (Å²) in [4.78, 5) is 17.8. The summed E-state index contributed by atoms with van der Waals surface area (Å²) in [5.41, 5.74) is 0.936.